The Morgan fingerprint density at radius 1 is 1.21 bits per heavy atom. The molecule has 2 atom stereocenters. The van der Waals surface area contributed by atoms with Gasteiger partial charge in [0, 0.05) is 18.6 Å². The third-order valence-corrected chi connectivity index (χ3v) is 3.80. The minimum atomic E-state index is 0.693. The van der Waals surface area contributed by atoms with E-state index >= 15 is 0 Å². The molecular formula is C13H17N. The maximum Gasteiger partial charge on any atom is 0.0360 e. The lowest BCUT2D eigenvalue weighted by Gasteiger charge is -2.32. The monoisotopic (exact) mass is 187 g/mol. The second kappa shape index (κ2) is 2.83. The molecule has 3 rings (SSSR count). The van der Waals surface area contributed by atoms with Crippen LogP contribution in [0.5, 0.6) is 0 Å². The standard InChI is InChI=1S/C13H17N/c1-9(2)14-8-10-7-13(14)12-6-4-3-5-11(10)12/h3-6,9-10,13H,7-8H2,1-2H3/t10-,13-/m0/s1. The largest absolute Gasteiger partial charge is 0.293 e. The molecule has 2 bridgehead atoms. The minimum absolute atomic E-state index is 0.693. The zero-order chi connectivity index (χ0) is 9.71. The van der Waals surface area contributed by atoms with Crippen LogP contribution in [-0.4, -0.2) is 17.5 Å². The molecule has 0 N–H and O–H groups in total. The van der Waals surface area contributed by atoms with E-state index in [1.54, 1.807) is 11.1 Å². The molecule has 74 valence electrons. The number of hydrogen-bond acceptors (Lipinski definition) is 1. The number of hydrogen-bond donors (Lipinski definition) is 0. The fraction of sp³-hybridized carbons (Fsp3) is 0.538. The molecule has 0 saturated carbocycles. The van der Waals surface area contributed by atoms with Crippen LogP contribution in [0.1, 0.15) is 43.4 Å². The first kappa shape index (κ1) is 8.49. The van der Waals surface area contributed by atoms with E-state index in [4.69, 9.17) is 0 Å². The second-order valence-corrected chi connectivity index (χ2v) is 4.87. The minimum Gasteiger partial charge on any atom is -0.293 e. The average molecular weight is 187 g/mol. The predicted molar refractivity (Wildman–Crippen MR) is 58.4 cm³/mol. The molecule has 1 heteroatoms. The first-order valence-electron chi connectivity index (χ1n) is 5.62. The van der Waals surface area contributed by atoms with Gasteiger partial charge in [-0.1, -0.05) is 24.3 Å². The van der Waals surface area contributed by atoms with Crippen LogP contribution in [0.15, 0.2) is 24.3 Å². The molecule has 1 saturated heterocycles. The SMILES string of the molecule is CC(C)N1C[C@@H]2C[C@H]1c1ccccc12. The third-order valence-electron chi connectivity index (χ3n) is 3.80. The first-order chi connectivity index (χ1) is 6.77. The van der Waals surface area contributed by atoms with Crippen LogP contribution in [0.25, 0.3) is 0 Å². The topological polar surface area (TPSA) is 3.24 Å². The van der Waals surface area contributed by atoms with Crippen molar-refractivity contribution in [3.05, 3.63) is 35.4 Å². The van der Waals surface area contributed by atoms with Crippen LogP contribution in [0.2, 0.25) is 0 Å². The van der Waals surface area contributed by atoms with Gasteiger partial charge in [-0.15, -0.1) is 0 Å². The van der Waals surface area contributed by atoms with Gasteiger partial charge in [-0.25, -0.2) is 0 Å². The van der Waals surface area contributed by atoms with Gasteiger partial charge in [0.05, 0.1) is 0 Å². The Hall–Kier alpha value is -0.820. The van der Waals surface area contributed by atoms with E-state index < -0.39 is 0 Å². The lowest BCUT2D eigenvalue weighted by Crippen LogP contribution is -2.33. The Kier molecular flexibility index (Phi) is 1.72. The number of rotatable bonds is 1. The third kappa shape index (κ3) is 0.992. The van der Waals surface area contributed by atoms with Gasteiger partial charge < -0.3 is 0 Å². The zero-order valence-electron chi connectivity index (χ0n) is 8.90. The van der Waals surface area contributed by atoms with Crippen molar-refractivity contribution in [1.82, 2.24) is 4.90 Å². The van der Waals surface area contributed by atoms with Crippen LogP contribution in [-0.2, 0) is 0 Å². The van der Waals surface area contributed by atoms with Crippen LogP contribution in [0.4, 0.5) is 0 Å². The number of likely N-dealkylation sites (tertiary alicyclic amines) is 1. The summed E-state index contributed by atoms with van der Waals surface area (Å²) in [4.78, 5) is 2.65. The van der Waals surface area contributed by atoms with Crippen molar-refractivity contribution in [3.63, 3.8) is 0 Å². The molecule has 0 spiro atoms. The molecule has 0 aromatic heterocycles. The maximum absolute atomic E-state index is 2.65. The highest BCUT2D eigenvalue weighted by atomic mass is 15.2. The van der Waals surface area contributed by atoms with E-state index in [1.807, 2.05) is 0 Å². The number of fused-ring (bicyclic) bond motifs is 5. The molecule has 1 aromatic rings. The summed E-state index contributed by atoms with van der Waals surface area (Å²) in [5, 5.41) is 0. The van der Waals surface area contributed by atoms with Crippen LogP contribution < -0.4 is 0 Å². The molecular weight excluding hydrogens is 170 g/mol. The summed E-state index contributed by atoms with van der Waals surface area (Å²) in [5.41, 5.74) is 3.21. The summed E-state index contributed by atoms with van der Waals surface area (Å²) in [5.74, 6) is 0.818. The van der Waals surface area contributed by atoms with Crippen molar-refractivity contribution >= 4 is 0 Å². The highest BCUT2D eigenvalue weighted by Crippen LogP contribution is 2.50. The molecule has 1 aromatic carbocycles. The van der Waals surface area contributed by atoms with Gasteiger partial charge in [-0.05, 0) is 37.3 Å². The highest BCUT2D eigenvalue weighted by molar-refractivity contribution is 5.41. The smallest absolute Gasteiger partial charge is 0.0360 e. The van der Waals surface area contributed by atoms with E-state index in [0.29, 0.717) is 6.04 Å². The summed E-state index contributed by atoms with van der Waals surface area (Å²) in [7, 11) is 0. The quantitative estimate of drug-likeness (QED) is 0.653. The molecule has 14 heavy (non-hydrogen) atoms. The van der Waals surface area contributed by atoms with Crippen molar-refractivity contribution in [2.75, 3.05) is 6.54 Å². The first-order valence-corrected chi connectivity index (χ1v) is 5.62. The fourth-order valence-electron chi connectivity index (χ4n) is 3.15. The van der Waals surface area contributed by atoms with Crippen LogP contribution >= 0.6 is 0 Å². The van der Waals surface area contributed by atoms with E-state index in [0.717, 1.165) is 12.0 Å². The lowest BCUT2D eigenvalue weighted by atomic mass is 9.99. The fourth-order valence-corrected chi connectivity index (χ4v) is 3.15. The van der Waals surface area contributed by atoms with Gasteiger partial charge in [-0.2, -0.15) is 0 Å². The van der Waals surface area contributed by atoms with E-state index in [1.165, 1.54) is 13.0 Å². The molecule has 0 unspecified atom stereocenters. The van der Waals surface area contributed by atoms with E-state index in [-0.39, 0.29) is 0 Å². The Bertz CT molecular complexity index is 356. The van der Waals surface area contributed by atoms with Crippen LogP contribution in [0, 0.1) is 0 Å². The lowest BCUT2D eigenvalue weighted by molar-refractivity contribution is 0.198. The number of benzene rings is 1. The van der Waals surface area contributed by atoms with Crippen molar-refractivity contribution in [2.45, 2.75) is 38.3 Å². The normalized spacial score (nSPS) is 29.9. The molecule has 1 heterocycles. The maximum atomic E-state index is 2.65. The van der Waals surface area contributed by atoms with E-state index in [9.17, 15) is 0 Å². The van der Waals surface area contributed by atoms with Gasteiger partial charge in [-0.3, -0.25) is 4.90 Å². The summed E-state index contributed by atoms with van der Waals surface area (Å²) in [6.07, 6.45) is 1.36. The summed E-state index contributed by atoms with van der Waals surface area (Å²) in [6.45, 7) is 5.89. The van der Waals surface area contributed by atoms with Gasteiger partial charge in [0.25, 0.3) is 0 Å². The molecule has 1 aliphatic carbocycles. The summed E-state index contributed by atoms with van der Waals surface area (Å²) < 4.78 is 0. The molecule has 1 nitrogen and oxygen atoms in total. The summed E-state index contributed by atoms with van der Waals surface area (Å²) >= 11 is 0. The van der Waals surface area contributed by atoms with Crippen molar-refractivity contribution in [1.29, 1.82) is 0 Å². The zero-order valence-corrected chi connectivity index (χ0v) is 8.90. The van der Waals surface area contributed by atoms with Gasteiger partial charge in [0.2, 0.25) is 0 Å². The molecule has 1 aliphatic heterocycles. The predicted octanol–water partition coefficient (Wildman–Crippen LogP) is 2.94. The average Bonchev–Trinajstić information content (AvgIpc) is 2.75. The molecule has 1 fully saturated rings. The van der Waals surface area contributed by atoms with Gasteiger partial charge in [0.1, 0.15) is 0 Å². The van der Waals surface area contributed by atoms with Crippen molar-refractivity contribution in [2.24, 2.45) is 0 Å². The van der Waals surface area contributed by atoms with Crippen LogP contribution in [0.3, 0.4) is 0 Å². The Morgan fingerprint density at radius 2 is 1.93 bits per heavy atom. The molecule has 0 amide bonds. The van der Waals surface area contributed by atoms with Crippen molar-refractivity contribution in [3.8, 4) is 0 Å². The van der Waals surface area contributed by atoms with Gasteiger partial charge in [0.15, 0.2) is 0 Å². The Morgan fingerprint density at radius 3 is 2.64 bits per heavy atom. The van der Waals surface area contributed by atoms with E-state index in [2.05, 4.69) is 43.0 Å². The van der Waals surface area contributed by atoms with Gasteiger partial charge >= 0.3 is 0 Å². The van der Waals surface area contributed by atoms with Crippen molar-refractivity contribution < 1.29 is 0 Å². The highest BCUT2D eigenvalue weighted by Gasteiger charge is 2.42. The molecule has 0 radical (unpaired) electrons. The number of nitrogens with zero attached hydrogens (tertiary/aromatic N) is 1. The Labute approximate surface area is 85.7 Å². The summed E-state index contributed by atoms with van der Waals surface area (Å²) in [6, 6.07) is 10.4. The second-order valence-electron chi connectivity index (χ2n) is 4.87. The molecule has 2 aliphatic rings. The Balaban J connectivity index is 2.02.